The van der Waals surface area contributed by atoms with E-state index in [2.05, 4.69) is 26.5 Å². The van der Waals surface area contributed by atoms with Crippen LogP contribution in [0.5, 0.6) is 0 Å². The zero-order chi connectivity index (χ0) is 27.7. The number of esters is 1. The highest BCUT2D eigenvalue weighted by Crippen LogP contribution is 2.42. The number of carbonyl (C=O) groups is 3. The Bertz CT molecular complexity index is 1070. The minimum absolute atomic E-state index is 0.00307. The van der Waals surface area contributed by atoms with Crippen molar-refractivity contribution in [2.75, 3.05) is 6.61 Å². The molecule has 5 nitrogen and oxygen atoms in total. The van der Waals surface area contributed by atoms with Gasteiger partial charge < -0.3 is 9.84 Å². The van der Waals surface area contributed by atoms with Crippen molar-refractivity contribution < 1.29 is 24.2 Å². The Morgan fingerprint density at radius 2 is 1.84 bits per heavy atom. The molecule has 0 aromatic rings. The molecule has 0 unspecified atom stereocenters. The number of carbonyl (C=O) groups excluding carboxylic acids is 3. The Morgan fingerprint density at radius 1 is 1.14 bits per heavy atom. The molecule has 2 aliphatic rings. The predicted molar refractivity (Wildman–Crippen MR) is 149 cm³/mol. The number of Topliss-reactive ketones (excluding diaryl/α,β-unsaturated/α-hetero) is 2. The van der Waals surface area contributed by atoms with Crippen LogP contribution in [0.25, 0.3) is 0 Å². The van der Waals surface area contributed by atoms with Crippen LogP contribution in [-0.4, -0.2) is 29.2 Å². The summed E-state index contributed by atoms with van der Waals surface area (Å²) < 4.78 is 5.50. The lowest BCUT2D eigenvalue weighted by atomic mass is 9.70. The van der Waals surface area contributed by atoms with Crippen molar-refractivity contribution in [2.24, 2.45) is 11.8 Å². The van der Waals surface area contributed by atoms with Crippen molar-refractivity contribution >= 4 is 17.5 Å². The number of hydrogen-bond acceptors (Lipinski definition) is 5. The fourth-order valence-electron chi connectivity index (χ4n) is 5.00. The minimum Gasteiger partial charge on any atom is -0.504 e. The summed E-state index contributed by atoms with van der Waals surface area (Å²) in [5.41, 5.74) is 4.14. The number of ketones is 2. The van der Waals surface area contributed by atoms with Crippen molar-refractivity contribution in [3.63, 3.8) is 0 Å². The molecule has 0 aromatic heterocycles. The first kappa shape index (κ1) is 30.3. The highest BCUT2D eigenvalue weighted by molar-refractivity contribution is 6.34. The third-order valence-electron chi connectivity index (χ3n) is 7.20. The number of rotatable bonds is 12. The molecule has 0 saturated heterocycles. The molecule has 202 valence electrons. The molecular weight excluding hydrogens is 464 g/mol. The molecule has 0 bridgehead atoms. The first-order chi connectivity index (χ1) is 17.5. The van der Waals surface area contributed by atoms with Gasteiger partial charge in [-0.1, -0.05) is 60.8 Å². The van der Waals surface area contributed by atoms with Gasteiger partial charge in [0.15, 0.2) is 5.76 Å². The molecule has 0 aromatic carbocycles. The van der Waals surface area contributed by atoms with Crippen LogP contribution in [0.2, 0.25) is 0 Å². The molecule has 2 rings (SSSR count). The van der Waals surface area contributed by atoms with Gasteiger partial charge >= 0.3 is 5.97 Å². The normalized spacial score (nSPS) is 20.7. The van der Waals surface area contributed by atoms with Crippen LogP contribution in [0.1, 0.15) is 92.9 Å². The number of unbranched alkanes of at least 4 members (excludes halogenated alkanes) is 2. The van der Waals surface area contributed by atoms with E-state index < -0.39 is 29.2 Å². The van der Waals surface area contributed by atoms with Gasteiger partial charge in [-0.2, -0.15) is 0 Å². The van der Waals surface area contributed by atoms with E-state index in [0.717, 1.165) is 55.2 Å². The van der Waals surface area contributed by atoms with Gasteiger partial charge in [0, 0.05) is 11.5 Å². The second-order valence-electron chi connectivity index (χ2n) is 10.7. The lowest BCUT2D eigenvalue weighted by Crippen LogP contribution is -2.34. The molecule has 5 heteroatoms. The Labute approximate surface area is 222 Å². The highest BCUT2D eigenvalue weighted by Gasteiger charge is 2.43. The summed E-state index contributed by atoms with van der Waals surface area (Å²) in [5.74, 6) is -3.16. The van der Waals surface area contributed by atoms with Crippen molar-refractivity contribution in [3.8, 4) is 0 Å². The fraction of sp³-hybridized carbons (Fsp3) is 0.531. The standard InChI is InChI=1S/C32H44O5/c1-8-9-10-14-25-28(32(36)37-18-17-22(6)13-11-12-20(2)3)30(34)27(31(35)29(25)33)26-19-23(7)15-16-24(26)21(4)5/h12,17,19,24,26,35H,4,8-11,13-16,18H2,1-3,5-7H3/b22-17+/t24-,26+/m0/s1. The molecule has 0 amide bonds. The van der Waals surface area contributed by atoms with E-state index >= 15 is 0 Å². The van der Waals surface area contributed by atoms with Gasteiger partial charge in [-0.15, -0.1) is 0 Å². The minimum atomic E-state index is -0.799. The summed E-state index contributed by atoms with van der Waals surface area (Å²) in [6.07, 6.45) is 12.0. The lowest BCUT2D eigenvalue weighted by molar-refractivity contribution is -0.139. The molecule has 0 saturated carbocycles. The van der Waals surface area contributed by atoms with E-state index in [-0.39, 0.29) is 35.7 Å². The molecule has 0 heterocycles. The third kappa shape index (κ3) is 8.02. The molecule has 2 aliphatic carbocycles. The highest BCUT2D eigenvalue weighted by atomic mass is 16.5. The molecule has 0 radical (unpaired) electrons. The zero-order valence-corrected chi connectivity index (χ0v) is 23.5. The number of aliphatic hydroxyl groups excluding tert-OH is 1. The van der Waals surface area contributed by atoms with Gasteiger partial charge in [0.2, 0.25) is 11.6 Å². The first-order valence-electron chi connectivity index (χ1n) is 13.5. The van der Waals surface area contributed by atoms with Gasteiger partial charge in [0.25, 0.3) is 0 Å². The van der Waals surface area contributed by atoms with Gasteiger partial charge in [0.1, 0.15) is 12.2 Å². The topological polar surface area (TPSA) is 80.7 Å². The van der Waals surface area contributed by atoms with Crippen LogP contribution in [0.15, 0.2) is 69.6 Å². The number of ether oxygens (including phenoxy) is 1. The van der Waals surface area contributed by atoms with E-state index in [9.17, 15) is 19.5 Å². The maximum Gasteiger partial charge on any atom is 0.342 e. The van der Waals surface area contributed by atoms with Crippen molar-refractivity contribution in [1.29, 1.82) is 0 Å². The summed E-state index contributed by atoms with van der Waals surface area (Å²) in [6, 6.07) is 0. The van der Waals surface area contributed by atoms with Gasteiger partial charge in [-0.3, -0.25) is 9.59 Å². The summed E-state index contributed by atoms with van der Waals surface area (Å²) in [4.78, 5) is 40.5. The number of allylic oxidation sites excluding steroid dienone is 8. The molecule has 0 aliphatic heterocycles. The van der Waals surface area contributed by atoms with E-state index in [4.69, 9.17) is 4.74 Å². The average molecular weight is 509 g/mol. The van der Waals surface area contributed by atoms with Crippen LogP contribution in [0, 0.1) is 11.8 Å². The molecule has 2 atom stereocenters. The van der Waals surface area contributed by atoms with Crippen LogP contribution >= 0.6 is 0 Å². The lowest BCUT2D eigenvalue weighted by Gasteiger charge is -2.33. The Morgan fingerprint density at radius 3 is 2.46 bits per heavy atom. The predicted octanol–water partition coefficient (Wildman–Crippen LogP) is 7.61. The Balaban J connectivity index is 2.38. The van der Waals surface area contributed by atoms with Crippen molar-refractivity contribution in [3.05, 3.63) is 69.6 Å². The summed E-state index contributed by atoms with van der Waals surface area (Å²) in [7, 11) is 0. The Hall–Kier alpha value is -2.95. The number of aliphatic hydroxyl groups is 1. The van der Waals surface area contributed by atoms with E-state index in [1.807, 2.05) is 39.8 Å². The van der Waals surface area contributed by atoms with Gasteiger partial charge in [-0.25, -0.2) is 4.79 Å². The Kier molecular flexibility index (Phi) is 11.5. The molecule has 37 heavy (non-hydrogen) atoms. The van der Waals surface area contributed by atoms with E-state index in [1.54, 1.807) is 0 Å². The van der Waals surface area contributed by atoms with Crippen LogP contribution in [-0.2, 0) is 19.1 Å². The van der Waals surface area contributed by atoms with Crippen LogP contribution < -0.4 is 0 Å². The smallest absolute Gasteiger partial charge is 0.342 e. The van der Waals surface area contributed by atoms with Crippen molar-refractivity contribution in [2.45, 2.75) is 92.9 Å². The fourth-order valence-corrected chi connectivity index (χ4v) is 5.00. The van der Waals surface area contributed by atoms with E-state index in [1.165, 1.54) is 5.57 Å². The quantitative estimate of drug-likeness (QED) is 0.0964. The molecule has 0 fully saturated rings. The first-order valence-corrected chi connectivity index (χ1v) is 13.5. The second-order valence-corrected chi connectivity index (χ2v) is 10.7. The molecular formula is C32H44O5. The van der Waals surface area contributed by atoms with Gasteiger partial charge in [-0.05, 0) is 85.1 Å². The van der Waals surface area contributed by atoms with E-state index in [0.29, 0.717) is 6.42 Å². The average Bonchev–Trinajstić information content (AvgIpc) is 2.82. The molecule has 1 N–H and O–H groups in total. The summed E-state index contributed by atoms with van der Waals surface area (Å²) in [6.45, 7) is 16.1. The third-order valence-corrected chi connectivity index (χ3v) is 7.20. The maximum atomic E-state index is 13.8. The monoisotopic (exact) mass is 508 g/mol. The maximum absolute atomic E-state index is 13.8. The summed E-state index contributed by atoms with van der Waals surface area (Å²) in [5, 5.41) is 11.0. The van der Waals surface area contributed by atoms with Crippen molar-refractivity contribution in [1.82, 2.24) is 0 Å². The van der Waals surface area contributed by atoms with Gasteiger partial charge in [0.05, 0.1) is 5.57 Å². The SMILES string of the molecule is C=C(C)[C@@H]1CCC(C)=C[C@H]1C1=C(O)C(=O)C(CCCCC)=C(C(=O)OC/C=C(\C)CCC=C(C)C)C1=O. The zero-order valence-electron chi connectivity index (χ0n) is 23.5. The summed E-state index contributed by atoms with van der Waals surface area (Å²) >= 11 is 0. The molecule has 0 spiro atoms. The van der Waals surface area contributed by atoms with Crippen LogP contribution in [0.3, 0.4) is 0 Å². The van der Waals surface area contributed by atoms with Crippen LogP contribution in [0.4, 0.5) is 0 Å². The second kappa shape index (κ2) is 14.1. The number of hydrogen-bond donors (Lipinski definition) is 1. The largest absolute Gasteiger partial charge is 0.504 e.